The second-order valence-corrected chi connectivity index (χ2v) is 9.63. The number of allylic oxidation sites excluding steroid dienone is 4. The molecule has 1 atom stereocenters. The molecule has 2 aliphatic rings. The lowest BCUT2D eigenvalue weighted by molar-refractivity contribution is -0.130. The van der Waals surface area contributed by atoms with E-state index < -0.39 is 0 Å². The van der Waals surface area contributed by atoms with Crippen molar-refractivity contribution in [2.75, 3.05) is 0 Å². The van der Waals surface area contributed by atoms with Crippen molar-refractivity contribution in [1.82, 2.24) is 0 Å². The summed E-state index contributed by atoms with van der Waals surface area (Å²) in [6.07, 6.45) is 22.2. The van der Waals surface area contributed by atoms with Crippen LogP contribution in [0.4, 0.5) is 0 Å². The Hall–Kier alpha value is -0.785. The zero-order chi connectivity index (χ0) is 19.0. The summed E-state index contributed by atoms with van der Waals surface area (Å²) in [7, 11) is 0. The summed E-state index contributed by atoms with van der Waals surface area (Å²) in [5.74, 6) is 1.92. The van der Waals surface area contributed by atoms with Gasteiger partial charge in [-0.1, -0.05) is 76.4 Å². The molecule has 2 aliphatic carbocycles. The van der Waals surface area contributed by atoms with E-state index in [2.05, 4.69) is 38.8 Å². The van der Waals surface area contributed by atoms with E-state index in [9.17, 15) is 4.79 Å². The van der Waals surface area contributed by atoms with Crippen molar-refractivity contribution in [2.45, 2.75) is 104 Å². The molecule has 2 heteroatoms. The van der Waals surface area contributed by atoms with Crippen LogP contribution in [0.1, 0.15) is 84.5 Å². The smallest absolute Gasteiger partial charge is 0.135 e. The van der Waals surface area contributed by atoms with Gasteiger partial charge in [0.05, 0.1) is 0 Å². The van der Waals surface area contributed by atoms with E-state index in [4.69, 9.17) is 0 Å². The summed E-state index contributed by atoms with van der Waals surface area (Å²) < 4.78 is 0. The normalized spacial score (nSPS) is 25.5. The SMILES string of the molecule is CB(C)CCCCC(C)(C(C)=O)C1CCC(CCC2=CCCC=C2)CC1. The largest absolute Gasteiger partial charge is 0.299 e. The standard InChI is InChI=1S/C24H41BO/c1-20(26)24(2,18-8-9-19-25(3)4)23-16-14-22(15-17-23)13-12-21-10-6-5-7-11-21/h6,10-11,22-23H,5,7-9,12-19H2,1-4H3. The Morgan fingerprint density at radius 1 is 1.15 bits per heavy atom. The Bertz CT molecular complexity index is 496. The molecule has 2 rings (SSSR count). The van der Waals surface area contributed by atoms with Crippen LogP contribution < -0.4 is 0 Å². The first kappa shape index (κ1) is 21.5. The van der Waals surface area contributed by atoms with Crippen LogP contribution in [0.3, 0.4) is 0 Å². The summed E-state index contributed by atoms with van der Waals surface area (Å²) in [5, 5.41) is 0. The molecule has 0 N–H and O–H groups in total. The molecule has 1 saturated carbocycles. The molecule has 0 aliphatic heterocycles. The zero-order valence-corrected chi connectivity index (χ0v) is 17.9. The van der Waals surface area contributed by atoms with Crippen molar-refractivity contribution in [3.8, 4) is 0 Å². The predicted octanol–water partition coefficient (Wildman–Crippen LogP) is 7.37. The molecule has 0 aromatic heterocycles. The molecule has 0 bridgehead atoms. The summed E-state index contributed by atoms with van der Waals surface area (Å²) in [6, 6.07) is 0. The van der Waals surface area contributed by atoms with Gasteiger partial charge in [-0.25, -0.2) is 0 Å². The van der Waals surface area contributed by atoms with E-state index in [0.717, 1.165) is 19.1 Å². The molecule has 0 aromatic carbocycles. The van der Waals surface area contributed by atoms with Gasteiger partial charge >= 0.3 is 0 Å². The molecule has 0 amide bonds. The molecule has 26 heavy (non-hydrogen) atoms. The summed E-state index contributed by atoms with van der Waals surface area (Å²) in [5.41, 5.74) is 1.48. The lowest BCUT2D eigenvalue weighted by atomic mass is 9.51. The number of carbonyl (C=O) groups excluding carboxylic acids is 1. The molecule has 0 aromatic rings. The van der Waals surface area contributed by atoms with E-state index in [1.165, 1.54) is 70.5 Å². The van der Waals surface area contributed by atoms with Gasteiger partial charge in [0, 0.05) is 5.41 Å². The molecule has 1 fully saturated rings. The fourth-order valence-electron chi connectivity index (χ4n) is 5.02. The third-order valence-electron chi connectivity index (χ3n) is 7.19. The molecular weight excluding hydrogens is 315 g/mol. The minimum Gasteiger partial charge on any atom is -0.299 e. The topological polar surface area (TPSA) is 17.1 Å². The Morgan fingerprint density at radius 2 is 1.88 bits per heavy atom. The molecule has 1 unspecified atom stereocenters. The van der Waals surface area contributed by atoms with Crippen molar-refractivity contribution < 1.29 is 4.79 Å². The van der Waals surface area contributed by atoms with Crippen molar-refractivity contribution in [1.29, 1.82) is 0 Å². The average molecular weight is 356 g/mol. The molecule has 0 heterocycles. The number of unbranched alkanes of at least 4 members (excludes halogenated alkanes) is 1. The molecular formula is C24H41BO. The summed E-state index contributed by atoms with van der Waals surface area (Å²) in [6.45, 7) is 9.49. The summed E-state index contributed by atoms with van der Waals surface area (Å²) in [4.78, 5) is 12.5. The second-order valence-electron chi connectivity index (χ2n) is 9.63. The van der Waals surface area contributed by atoms with Crippen LogP contribution in [-0.2, 0) is 4.79 Å². The maximum Gasteiger partial charge on any atom is 0.135 e. The van der Waals surface area contributed by atoms with Crippen LogP contribution in [0.5, 0.6) is 0 Å². The first-order chi connectivity index (χ1) is 12.4. The quantitative estimate of drug-likeness (QED) is 0.295. The number of hydrogen-bond donors (Lipinski definition) is 0. The first-order valence-electron chi connectivity index (χ1n) is 11.3. The van der Waals surface area contributed by atoms with Gasteiger partial charge in [0.15, 0.2) is 0 Å². The Labute approximate surface area is 163 Å². The number of carbonyl (C=O) groups is 1. The van der Waals surface area contributed by atoms with Crippen molar-refractivity contribution in [2.24, 2.45) is 17.3 Å². The van der Waals surface area contributed by atoms with Crippen LogP contribution in [0, 0.1) is 17.3 Å². The lowest BCUT2D eigenvalue weighted by Gasteiger charge is -2.40. The Kier molecular flexibility index (Phi) is 8.71. The highest BCUT2D eigenvalue weighted by atomic mass is 16.1. The Balaban J connectivity index is 1.78. The highest BCUT2D eigenvalue weighted by molar-refractivity contribution is 6.55. The minimum absolute atomic E-state index is 0.0728. The summed E-state index contributed by atoms with van der Waals surface area (Å²) >= 11 is 0. The predicted molar refractivity (Wildman–Crippen MR) is 116 cm³/mol. The van der Waals surface area contributed by atoms with Crippen molar-refractivity contribution >= 4 is 12.5 Å². The maximum atomic E-state index is 12.5. The van der Waals surface area contributed by atoms with Crippen LogP contribution in [-0.4, -0.2) is 12.5 Å². The van der Waals surface area contributed by atoms with Gasteiger partial charge in [0.25, 0.3) is 0 Å². The van der Waals surface area contributed by atoms with Crippen LogP contribution in [0.15, 0.2) is 23.8 Å². The highest BCUT2D eigenvalue weighted by Crippen LogP contribution is 2.45. The van der Waals surface area contributed by atoms with Gasteiger partial charge in [0.1, 0.15) is 12.5 Å². The monoisotopic (exact) mass is 356 g/mol. The minimum atomic E-state index is -0.0728. The zero-order valence-electron chi connectivity index (χ0n) is 17.9. The van der Waals surface area contributed by atoms with Crippen LogP contribution in [0.2, 0.25) is 20.0 Å². The van der Waals surface area contributed by atoms with Crippen LogP contribution in [0.25, 0.3) is 0 Å². The van der Waals surface area contributed by atoms with Gasteiger partial charge in [-0.3, -0.25) is 4.79 Å². The van der Waals surface area contributed by atoms with Crippen molar-refractivity contribution in [3.63, 3.8) is 0 Å². The average Bonchev–Trinajstić information content (AvgIpc) is 2.64. The number of ketones is 1. The van der Waals surface area contributed by atoms with E-state index in [1.807, 2.05) is 6.92 Å². The lowest BCUT2D eigenvalue weighted by Crippen LogP contribution is -2.37. The molecule has 146 valence electrons. The van der Waals surface area contributed by atoms with Gasteiger partial charge < -0.3 is 0 Å². The molecule has 1 nitrogen and oxygen atoms in total. The van der Waals surface area contributed by atoms with Gasteiger partial charge in [-0.05, 0) is 63.7 Å². The first-order valence-corrected chi connectivity index (χ1v) is 11.3. The van der Waals surface area contributed by atoms with E-state index in [0.29, 0.717) is 11.7 Å². The van der Waals surface area contributed by atoms with E-state index in [1.54, 1.807) is 5.57 Å². The number of hydrogen-bond acceptors (Lipinski definition) is 1. The number of rotatable bonds is 10. The molecule has 0 spiro atoms. The van der Waals surface area contributed by atoms with Gasteiger partial charge in [-0.15, -0.1) is 0 Å². The third kappa shape index (κ3) is 6.43. The van der Waals surface area contributed by atoms with Gasteiger partial charge in [-0.2, -0.15) is 0 Å². The highest BCUT2D eigenvalue weighted by Gasteiger charge is 2.39. The van der Waals surface area contributed by atoms with Crippen molar-refractivity contribution in [3.05, 3.63) is 23.8 Å². The fourth-order valence-corrected chi connectivity index (χ4v) is 5.02. The fraction of sp³-hybridized carbons (Fsp3) is 0.792. The van der Waals surface area contributed by atoms with Crippen LogP contribution >= 0.6 is 0 Å². The second kappa shape index (κ2) is 10.5. The Morgan fingerprint density at radius 3 is 2.46 bits per heavy atom. The molecule has 0 radical (unpaired) electrons. The molecule has 0 saturated heterocycles. The van der Waals surface area contributed by atoms with E-state index in [-0.39, 0.29) is 5.41 Å². The van der Waals surface area contributed by atoms with E-state index >= 15 is 0 Å². The third-order valence-corrected chi connectivity index (χ3v) is 7.19. The maximum absolute atomic E-state index is 12.5. The van der Waals surface area contributed by atoms with Gasteiger partial charge in [0.2, 0.25) is 0 Å². The number of Topliss-reactive ketones (excluding diaryl/α,β-unsaturated/α-hetero) is 1.